The topological polar surface area (TPSA) is 84.5 Å². The molecule has 0 aliphatic rings. The maximum atomic E-state index is 13.3. The van der Waals surface area contributed by atoms with Crippen LogP contribution in [0.1, 0.15) is 30.0 Å². The number of nitrogens with one attached hydrogen (secondary N) is 1. The summed E-state index contributed by atoms with van der Waals surface area (Å²) in [5.74, 6) is 1.20. The minimum atomic E-state index is -0.235. The molecule has 0 aliphatic carbocycles. The first-order valence-electron chi connectivity index (χ1n) is 8.95. The number of rotatable bonds is 6. The van der Waals surface area contributed by atoms with Gasteiger partial charge in [0.2, 0.25) is 0 Å². The number of para-hydroxylation sites is 1. The van der Waals surface area contributed by atoms with E-state index in [2.05, 4.69) is 9.97 Å². The summed E-state index contributed by atoms with van der Waals surface area (Å²) < 4.78 is 10.6. The van der Waals surface area contributed by atoms with Crippen molar-refractivity contribution in [2.45, 2.75) is 26.4 Å². The van der Waals surface area contributed by atoms with Crippen LogP contribution < -0.4 is 15.0 Å². The molecule has 0 saturated carbocycles. The van der Waals surface area contributed by atoms with E-state index in [1.54, 1.807) is 48.4 Å². The number of aromatic nitrogens is 2. The molecule has 0 saturated heterocycles. The van der Waals surface area contributed by atoms with Crippen LogP contribution in [0.5, 0.6) is 11.5 Å². The lowest BCUT2D eigenvalue weighted by atomic mass is 10.1. The molecule has 146 valence electrons. The van der Waals surface area contributed by atoms with Crippen molar-refractivity contribution in [3.63, 3.8) is 0 Å². The van der Waals surface area contributed by atoms with Gasteiger partial charge in [-0.25, -0.2) is 4.98 Å². The van der Waals surface area contributed by atoms with Crippen LogP contribution in [0.3, 0.4) is 0 Å². The Morgan fingerprint density at radius 2 is 1.89 bits per heavy atom. The maximum Gasteiger partial charge on any atom is 0.258 e. The minimum Gasteiger partial charge on any atom is -0.497 e. The molecule has 1 amide bonds. The van der Waals surface area contributed by atoms with Crippen molar-refractivity contribution in [2.24, 2.45) is 0 Å². The molecule has 7 heteroatoms. The van der Waals surface area contributed by atoms with Gasteiger partial charge in [0.1, 0.15) is 17.3 Å². The molecule has 0 atom stereocenters. The van der Waals surface area contributed by atoms with Gasteiger partial charge in [-0.05, 0) is 44.2 Å². The monoisotopic (exact) mass is 381 g/mol. The van der Waals surface area contributed by atoms with Gasteiger partial charge in [-0.15, -0.1) is 0 Å². The highest BCUT2D eigenvalue weighted by molar-refractivity contribution is 5.97. The van der Waals surface area contributed by atoms with E-state index < -0.39 is 0 Å². The molecular weight excluding hydrogens is 358 g/mol. The number of hydrogen-bond acceptors (Lipinski definition) is 5. The highest BCUT2D eigenvalue weighted by atomic mass is 16.5. The molecular formula is C21H23N3O4. The number of amides is 1. The van der Waals surface area contributed by atoms with E-state index in [0.717, 1.165) is 0 Å². The molecule has 0 aliphatic heterocycles. The summed E-state index contributed by atoms with van der Waals surface area (Å²) in [7, 11) is 3.06. The lowest BCUT2D eigenvalue weighted by Gasteiger charge is -2.27. The van der Waals surface area contributed by atoms with Crippen LogP contribution in [0.15, 0.2) is 47.3 Å². The average molecular weight is 381 g/mol. The molecule has 3 rings (SSSR count). The zero-order chi connectivity index (χ0) is 20.3. The molecule has 7 nitrogen and oxygen atoms in total. The van der Waals surface area contributed by atoms with Crippen molar-refractivity contribution in [3.05, 3.63) is 64.2 Å². The van der Waals surface area contributed by atoms with Crippen molar-refractivity contribution in [1.82, 2.24) is 14.9 Å². The van der Waals surface area contributed by atoms with Gasteiger partial charge in [-0.2, -0.15) is 0 Å². The molecule has 0 fully saturated rings. The summed E-state index contributed by atoms with van der Waals surface area (Å²) in [6, 6.07) is 12.1. The summed E-state index contributed by atoms with van der Waals surface area (Å²) in [4.78, 5) is 34.5. The first kappa shape index (κ1) is 19.4. The third-order valence-corrected chi connectivity index (χ3v) is 4.50. The molecule has 0 radical (unpaired) electrons. The lowest BCUT2D eigenvalue weighted by molar-refractivity contribution is 0.0681. The standard InChI is InChI=1S/C21H23N3O4/c1-13(2)24(21(26)16-11-14(27-3)9-10-18(16)28-4)12-19-22-17-8-6-5-7-15(17)20(25)23-19/h5-11,13H,12H2,1-4H3,(H,22,23,25). The molecule has 1 N–H and O–H groups in total. The number of methoxy groups -OCH3 is 2. The van der Waals surface area contributed by atoms with Gasteiger partial charge in [-0.3, -0.25) is 9.59 Å². The second kappa shape index (κ2) is 8.12. The Kier molecular flexibility index (Phi) is 5.63. The van der Waals surface area contributed by atoms with Crippen LogP contribution in [0, 0.1) is 0 Å². The summed E-state index contributed by atoms with van der Waals surface area (Å²) in [5.41, 5.74) is 0.755. The molecule has 0 spiro atoms. The fraction of sp³-hybridized carbons (Fsp3) is 0.286. The Balaban J connectivity index is 1.99. The SMILES string of the molecule is COc1ccc(OC)c(C(=O)N(Cc2nc3ccccc3c(=O)[nH]2)C(C)C)c1. The van der Waals surface area contributed by atoms with Crippen molar-refractivity contribution in [3.8, 4) is 11.5 Å². The first-order valence-corrected chi connectivity index (χ1v) is 8.95. The summed E-state index contributed by atoms with van der Waals surface area (Å²) >= 11 is 0. The van der Waals surface area contributed by atoms with Crippen molar-refractivity contribution in [1.29, 1.82) is 0 Å². The molecule has 1 aromatic heterocycles. The second-order valence-corrected chi connectivity index (χ2v) is 6.62. The predicted octanol–water partition coefficient (Wildman–Crippen LogP) is 2.99. The van der Waals surface area contributed by atoms with Crippen LogP contribution in [-0.4, -0.2) is 41.0 Å². The second-order valence-electron chi connectivity index (χ2n) is 6.62. The summed E-state index contributed by atoms with van der Waals surface area (Å²) in [6.07, 6.45) is 0. The Labute approximate surface area is 162 Å². The number of carbonyl (C=O) groups excluding carboxylic acids is 1. The Bertz CT molecular complexity index is 1060. The van der Waals surface area contributed by atoms with Gasteiger partial charge in [0.25, 0.3) is 11.5 Å². The number of ether oxygens (including phenoxy) is 2. The number of carbonyl (C=O) groups is 1. The normalized spacial score (nSPS) is 10.9. The molecule has 0 unspecified atom stereocenters. The molecule has 1 heterocycles. The number of aromatic amines is 1. The van der Waals surface area contributed by atoms with E-state index in [1.165, 1.54) is 7.11 Å². The Morgan fingerprint density at radius 3 is 2.57 bits per heavy atom. The van der Waals surface area contributed by atoms with Crippen LogP contribution in [-0.2, 0) is 6.54 Å². The predicted molar refractivity (Wildman–Crippen MR) is 107 cm³/mol. The largest absolute Gasteiger partial charge is 0.497 e. The maximum absolute atomic E-state index is 13.3. The van der Waals surface area contributed by atoms with Gasteiger partial charge in [0.15, 0.2) is 0 Å². The summed E-state index contributed by atoms with van der Waals surface area (Å²) in [5, 5.41) is 0.517. The molecule has 0 bridgehead atoms. The van der Waals surface area contributed by atoms with Crippen molar-refractivity contribution < 1.29 is 14.3 Å². The molecule has 2 aromatic carbocycles. The summed E-state index contributed by atoms with van der Waals surface area (Å²) in [6.45, 7) is 3.98. The minimum absolute atomic E-state index is 0.125. The van der Waals surface area contributed by atoms with E-state index in [1.807, 2.05) is 19.9 Å². The van der Waals surface area contributed by atoms with Crippen molar-refractivity contribution in [2.75, 3.05) is 14.2 Å². The van der Waals surface area contributed by atoms with E-state index in [-0.39, 0.29) is 24.1 Å². The Morgan fingerprint density at radius 1 is 1.14 bits per heavy atom. The van der Waals surface area contributed by atoms with Crippen LogP contribution >= 0.6 is 0 Å². The lowest BCUT2D eigenvalue weighted by Crippen LogP contribution is -2.37. The number of fused-ring (bicyclic) bond motifs is 1. The van der Waals surface area contributed by atoms with Gasteiger partial charge < -0.3 is 19.4 Å². The van der Waals surface area contributed by atoms with Crippen LogP contribution in [0.4, 0.5) is 0 Å². The highest BCUT2D eigenvalue weighted by Crippen LogP contribution is 2.26. The van der Waals surface area contributed by atoms with Crippen LogP contribution in [0.2, 0.25) is 0 Å². The zero-order valence-corrected chi connectivity index (χ0v) is 16.4. The van der Waals surface area contributed by atoms with Gasteiger partial charge in [-0.1, -0.05) is 12.1 Å². The van der Waals surface area contributed by atoms with E-state index in [4.69, 9.17) is 9.47 Å². The first-order chi connectivity index (χ1) is 13.4. The van der Waals surface area contributed by atoms with Crippen LogP contribution in [0.25, 0.3) is 10.9 Å². The highest BCUT2D eigenvalue weighted by Gasteiger charge is 2.24. The number of benzene rings is 2. The smallest absolute Gasteiger partial charge is 0.258 e. The number of H-pyrrole nitrogens is 1. The Hall–Kier alpha value is -3.35. The fourth-order valence-corrected chi connectivity index (χ4v) is 3.00. The molecule has 28 heavy (non-hydrogen) atoms. The average Bonchev–Trinajstić information content (AvgIpc) is 2.70. The van der Waals surface area contributed by atoms with E-state index in [0.29, 0.717) is 33.8 Å². The van der Waals surface area contributed by atoms with E-state index >= 15 is 0 Å². The van der Waals surface area contributed by atoms with Gasteiger partial charge in [0, 0.05) is 6.04 Å². The number of hydrogen-bond donors (Lipinski definition) is 1. The van der Waals surface area contributed by atoms with E-state index in [9.17, 15) is 9.59 Å². The van der Waals surface area contributed by atoms with Gasteiger partial charge >= 0.3 is 0 Å². The van der Waals surface area contributed by atoms with Crippen molar-refractivity contribution >= 4 is 16.8 Å². The third kappa shape index (κ3) is 3.83. The third-order valence-electron chi connectivity index (χ3n) is 4.50. The quantitative estimate of drug-likeness (QED) is 0.710. The fourth-order valence-electron chi connectivity index (χ4n) is 3.00. The van der Waals surface area contributed by atoms with Gasteiger partial charge in [0.05, 0.1) is 37.2 Å². The molecule has 3 aromatic rings. The number of nitrogens with zero attached hydrogens (tertiary/aromatic N) is 2. The zero-order valence-electron chi connectivity index (χ0n) is 16.4.